The zero-order valence-electron chi connectivity index (χ0n) is 10.1. The fourth-order valence-electron chi connectivity index (χ4n) is 1.83. The van der Waals surface area contributed by atoms with Gasteiger partial charge in [-0.3, -0.25) is 5.43 Å². The normalized spacial score (nSPS) is 13.7. The molecule has 0 aliphatic carbocycles. The highest BCUT2D eigenvalue weighted by Crippen LogP contribution is 2.28. The second-order valence-corrected chi connectivity index (χ2v) is 4.94. The molecule has 5 nitrogen and oxygen atoms in total. The Kier molecular flexibility index (Phi) is 3.22. The molecule has 0 saturated heterocycles. The van der Waals surface area contributed by atoms with Crippen molar-refractivity contribution in [3.63, 3.8) is 0 Å². The molecule has 4 N–H and O–H groups in total. The smallest absolute Gasteiger partial charge is 0.214 e. The molecule has 19 heavy (non-hydrogen) atoms. The predicted octanol–water partition coefficient (Wildman–Crippen LogP) is 0.849. The van der Waals surface area contributed by atoms with Gasteiger partial charge in [0.05, 0.1) is 18.7 Å². The van der Waals surface area contributed by atoms with Crippen LogP contribution in [0.25, 0.3) is 5.70 Å². The van der Waals surface area contributed by atoms with E-state index in [1.165, 1.54) is 23.9 Å². The fourth-order valence-corrected chi connectivity index (χ4v) is 2.59. The molecule has 0 spiro atoms. The maximum Gasteiger partial charge on any atom is 0.214 e. The lowest BCUT2D eigenvalue weighted by atomic mass is 10.2. The minimum atomic E-state index is -0.240. The third kappa shape index (κ3) is 2.34. The van der Waals surface area contributed by atoms with E-state index >= 15 is 0 Å². The number of aromatic nitrogens is 3. The first-order chi connectivity index (χ1) is 9.28. The number of nitrogens with one attached hydrogen (secondary N) is 1. The van der Waals surface area contributed by atoms with E-state index in [2.05, 4.69) is 21.4 Å². The summed E-state index contributed by atoms with van der Waals surface area (Å²) >= 11 is 1.49. The Balaban J connectivity index is 1.88. The highest BCUT2D eigenvalue weighted by molar-refractivity contribution is 8.02. The van der Waals surface area contributed by atoms with Crippen LogP contribution in [-0.4, -0.2) is 21.4 Å². The van der Waals surface area contributed by atoms with Crippen molar-refractivity contribution < 1.29 is 10.1 Å². The van der Waals surface area contributed by atoms with E-state index in [0.717, 1.165) is 35.2 Å². The van der Waals surface area contributed by atoms with Crippen LogP contribution in [-0.2, 0) is 6.42 Å². The molecule has 1 aromatic heterocycles. The number of hydrogen-bond donors (Lipinski definition) is 2. The molecule has 1 aromatic carbocycles. The van der Waals surface area contributed by atoms with E-state index in [4.69, 9.17) is 0 Å². The maximum absolute atomic E-state index is 12.9. The van der Waals surface area contributed by atoms with Crippen molar-refractivity contribution in [3.8, 4) is 0 Å². The number of benzene rings is 1. The minimum Gasteiger partial charge on any atom is -0.357 e. The Morgan fingerprint density at radius 3 is 2.79 bits per heavy atom. The standard InChI is InChI=1S/C12H12FN5S/c13-9-3-1-8(2-4-9)10-7-19-12-16-15-11(5-6-14)18(12)17-10/h1-4,7,17H,5-6,14H2/p+1. The molecule has 3 rings (SSSR count). The summed E-state index contributed by atoms with van der Waals surface area (Å²) in [6.45, 7) is 0.764. The molecule has 0 unspecified atom stereocenters. The number of hydrogen-bond acceptors (Lipinski definition) is 4. The molecule has 2 aromatic rings. The molecule has 0 amide bonds. The van der Waals surface area contributed by atoms with Crippen LogP contribution in [0.5, 0.6) is 0 Å². The van der Waals surface area contributed by atoms with Gasteiger partial charge in [-0.15, -0.1) is 10.2 Å². The van der Waals surface area contributed by atoms with Crippen molar-refractivity contribution in [2.45, 2.75) is 11.6 Å². The zero-order chi connectivity index (χ0) is 13.2. The second kappa shape index (κ2) is 5.02. The Labute approximate surface area is 113 Å². The van der Waals surface area contributed by atoms with Crippen LogP contribution >= 0.6 is 11.8 Å². The largest absolute Gasteiger partial charge is 0.357 e. The number of thioether (sulfide) groups is 1. The van der Waals surface area contributed by atoms with Gasteiger partial charge in [-0.05, 0) is 24.3 Å². The number of nitrogens with zero attached hydrogens (tertiary/aromatic N) is 3. The van der Waals surface area contributed by atoms with Gasteiger partial charge in [0.25, 0.3) is 0 Å². The summed E-state index contributed by atoms with van der Waals surface area (Å²) in [7, 11) is 0. The van der Waals surface area contributed by atoms with E-state index in [0.29, 0.717) is 0 Å². The number of rotatable bonds is 3. The zero-order valence-corrected chi connectivity index (χ0v) is 11.0. The summed E-state index contributed by atoms with van der Waals surface area (Å²) in [5, 5.41) is 11.0. The Morgan fingerprint density at radius 1 is 1.26 bits per heavy atom. The van der Waals surface area contributed by atoms with Crippen LogP contribution in [0.3, 0.4) is 0 Å². The average molecular weight is 278 g/mol. The van der Waals surface area contributed by atoms with Crippen LogP contribution in [0, 0.1) is 5.82 Å². The lowest BCUT2D eigenvalue weighted by Crippen LogP contribution is -2.51. The first kappa shape index (κ1) is 12.2. The molecule has 1 aliphatic rings. The Morgan fingerprint density at radius 2 is 2.05 bits per heavy atom. The number of halogens is 1. The first-order valence-electron chi connectivity index (χ1n) is 5.91. The van der Waals surface area contributed by atoms with E-state index in [-0.39, 0.29) is 5.82 Å². The van der Waals surface area contributed by atoms with Gasteiger partial charge < -0.3 is 5.73 Å². The van der Waals surface area contributed by atoms with Gasteiger partial charge in [0, 0.05) is 11.0 Å². The van der Waals surface area contributed by atoms with Crippen LogP contribution in [0.1, 0.15) is 11.4 Å². The molecule has 7 heteroatoms. The Hall–Kier alpha value is -1.86. The molecular weight excluding hydrogens is 265 g/mol. The van der Waals surface area contributed by atoms with Crippen LogP contribution < -0.4 is 11.2 Å². The van der Waals surface area contributed by atoms with Gasteiger partial charge in [0.1, 0.15) is 5.82 Å². The van der Waals surface area contributed by atoms with Crippen LogP contribution in [0.15, 0.2) is 34.8 Å². The second-order valence-electron chi connectivity index (χ2n) is 4.11. The molecule has 2 heterocycles. The van der Waals surface area contributed by atoms with E-state index in [9.17, 15) is 4.39 Å². The molecule has 0 saturated carbocycles. The van der Waals surface area contributed by atoms with Crippen molar-refractivity contribution in [1.82, 2.24) is 14.9 Å². The lowest BCUT2D eigenvalue weighted by Gasteiger charge is -2.18. The van der Waals surface area contributed by atoms with E-state index < -0.39 is 0 Å². The molecule has 0 bridgehead atoms. The van der Waals surface area contributed by atoms with Crippen molar-refractivity contribution in [3.05, 3.63) is 46.9 Å². The fraction of sp³-hybridized carbons (Fsp3) is 0.167. The SMILES string of the molecule is [NH3+]CCc1nnc2n1NC(c1ccc(F)cc1)=CS2. The number of quaternary nitrogens is 1. The summed E-state index contributed by atoms with van der Waals surface area (Å²) in [5.41, 5.74) is 8.90. The molecule has 0 radical (unpaired) electrons. The third-order valence-electron chi connectivity index (χ3n) is 2.77. The van der Waals surface area contributed by atoms with Crippen molar-refractivity contribution in [2.24, 2.45) is 0 Å². The molecular formula is C12H13FN5S+. The van der Waals surface area contributed by atoms with Gasteiger partial charge >= 0.3 is 0 Å². The van der Waals surface area contributed by atoms with E-state index in [1.807, 2.05) is 10.1 Å². The van der Waals surface area contributed by atoms with Crippen LogP contribution in [0.2, 0.25) is 0 Å². The quantitative estimate of drug-likeness (QED) is 0.873. The summed E-state index contributed by atoms with van der Waals surface area (Å²) in [6, 6.07) is 6.37. The van der Waals surface area contributed by atoms with Crippen molar-refractivity contribution >= 4 is 17.5 Å². The van der Waals surface area contributed by atoms with Crippen molar-refractivity contribution in [1.29, 1.82) is 0 Å². The van der Waals surface area contributed by atoms with Gasteiger partial charge in [-0.1, -0.05) is 11.8 Å². The molecule has 0 fully saturated rings. The molecule has 0 atom stereocenters. The van der Waals surface area contributed by atoms with E-state index in [1.54, 1.807) is 12.1 Å². The van der Waals surface area contributed by atoms with Gasteiger partial charge in [-0.25, -0.2) is 9.07 Å². The van der Waals surface area contributed by atoms with Gasteiger partial charge in [-0.2, -0.15) is 0 Å². The van der Waals surface area contributed by atoms with Gasteiger partial charge in [0.15, 0.2) is 5.82 Å². The molecule has 1 aliphatic heterocycles. The summed E-state index contributed by atoms with van der Waals surface area (Å²) < 4.78 is 14.8. The Bertz CT molecular complexity index is 620. The topological polar surface area (TPSA) is 70.4 Å². The summed E-state index contributed by atoms with van der Waals surface area (Å²) in [4.78, 5) is 0. The van der Waals surface area contributed by atoms with Gasteiger partial charge in [0.2, 0.25) is 5.16 Å². The van der Waals surface area contributed by atoms with Crippen molar-refractivity contribution in [2.75, 3.05) is 12.0 Å². The minimum absolute atomic E-state index is 0.240. The monoisotopic (exact) mass is 278 g/mol. The highest BCUT2D eigenvalue weighted by Gasteiger charge is 2.18. The predicted molar refractivity (Wildman–Crippen MR) is 71.1 cm³/mol. The first-order valence-corrected chi connectivity index (χ1v) is 6.79. The lowest BCUT2D eigenvalue weighted by molar-refractivity contribution is -0.366. The van der Waals surface area contributed by atoms with Crippen LogP contribution in [0.4, 0.5) is 4.39 Å². The average Bonchev–Trinajstić information content (AvgIpc) is 2.83. The highest BCUT2D eigenvalue weighted by atomic mass is 32.2. The number of fused-ring (bicyclic) bond motifs is 1. The third-order valence-corrected chi connectivity index (χ3v) is 3.60. The summed E-state index contributed by atoms with van der Waals surface area (Å²) in [6.07, 6.45) is 0.761. The maximum atomic E-state index is 12.9. The summed E-state index contributed by atoms with van der Waals surface area (Å²) in [5.74, 6) is 0.612. The molecule has 98 valence electrons.